The molecule has 0 amide bonds. The quantitative estimate of drug-likeness (QED) is 0.855. The molecule has 3 heteroatoms. The molecule has 0 bridgehead atoms. The molecule has 1 atom stereocenters. The number of rotatable bonds is 4. The Morgan fingerprint density at radius 1 is 1.38 bits per heavy atom. The Kier molecular flexibility index (Phi) is 3.27. The number of benzene rings is 1. The monoisotopic (exact) mass is 219 g/mol. The van der Waals surface area contributed by atoms with Crippen molar-refractivity contribution < 1.29 is 9.84 Å². The lowest BCUT2D eigenvalue weighted by molar-refractivity contribution is 0.104. The third kappa shape index (κ3) is 1.96. The normalized spacial score (nSPS) is 13.2. The van der Waals surface area contributed by atoms with E-state index in [2.05, 4.69) is 10.6 Å². The van der Waals surface area contributed by atoms with Crippen molar-refractivity contribution in [2.45, 2.75) is 26.2 Å². The number of methoxy groups -OCH3 is 1. The van der Waals surface area contributed by atoms with Crippen LogP contribution in [0.2, 0.25) is 0 Å². The fourth-order valence-electron chi connectivity index (χ4n) is 1.94. The lowest BCUT2D eigenvalue weighted by Crippen LogP contribution is -2.13. The number of nitrogens with zero attached hydrogens (tertiary/aromatic N) is 1. The SMILES string of the molecule is COC(C)Cn1ccc2c(CO)cccc21. The molecule has 2 rings (SSSR count). The zero-order valence-corrected chi connectivity index (χ0v) is 9.68. The maximum absolute atomic E-state index is 9.24. The van der Waals surface area contributed by atoms with Crippen LogP contribution in [0, 0.1) is 0 Å². The Labute approximate surface area is 95.3 Å². The maximum atomic E-state index is 9.24. The van der Waals surface area contributed by atoms with E-state index in [4.69, 9.17) is 4.74 Å². The van der Waals surface area contributed by atoms with Gasteiger partial charge < -0.3 is 14.4 Å². The maximum Gasteiger partial charge on any atom is 0.0722 e. The molecular formula is C13H17NO2. The second-order valence-electron chi connectivity index (χ2n) is 4.02. The smallest absolute Gasteiger partial charge is 0.0722 e. The fourth-order valence-corrected chi connectivity index (χ4v) is 1.94. The van der Waals surface area contributed by atoms with E-state index < -0.39 is 0 Å². The van der Waals surface area contributed by atoms with Crippen LogP contribution in [0.1, 0.15) is 12.5 Å². The van der Waals surface area contributed by atoms with E-state index in [0.29, 0.717) is 0 Å². The van der Waals surface area contributed by atoms with Crippen molar-refractivity contribution >= 4 is 10.9 Å². The van der Waals surface area contributed by atoms with Crippen LogP contribution in [0.3, 0.4) is 0 Å². The number of aromatic nitrogens is 1. The highest BCUT2D eigenvalue weighted by atomic mass is 16.5. The molecule has 1 aromatic heterocycles. The van der Waals surface area contributed by atoms with Gasteiger partial charge in [-0.15, -0.1) is 0 Å². The molecule has 1 N–H and O–H groups in total. The zero-order chi connectivity index (χ0) is 11.5. The average Bonchev–Trinajstić information content (AvgIpc) is 2.72. The van der Waals surface area contributed by atoms with Gasteiger partial charge in [0.2, 0.25) is 0 Å². The molecule has 1 heterocycles. The second-order valence-corrected chi connectivity index (χ2v) is 4.02. The van der Waals surface area contributed by atoms with Gasteiger partial charge in [-0.3, -0.25) is 0 Å². The number of aliphatic hydroxyl groups is 1. The van der Waals surface area contributed by atoms with E-state index in [9.17, 15) is 5.11 Å². The number of fused-ring (bicyclic) bond motifs is 1. The first-order valence-electron chi connectivity index (χ1n) is 5.46. The van der Waals surface area contributed by atoms with Gasteiger partial charge in [0.05, 0.1) is 12.7 Å². The number of ether oxygens (including phenoxy) is 1. The summed E-state index contributed by atoms with van der Waals surface area (Å²) in [6, 6.07) is 8.04. The lowest BCUT2D eigenvalue weighted by Gasteiger charge is -2.11. The van der Waals surface area contributed by atoms with Crippen LogP contribution in [-0.2, 0) is 17.9 Å². The average molecular weight is 219 g/mol. The van der Waals surface area contributed by atoms with Crippen molar-refractivity contribution in [2.75, 3.05) is 7.11 Å². The summed E-state index contributed by atoms with van der Waals surface area (Å²) in [5.74, 6) is 0. The zero-order valence-electron chi connectivity index (χ0n) is 9.68. The third-order valence-electron chi connectivity index (χ3n) is 2.93. The lowest BCUT2D eigenvalue weighted by atomic mass is 10.1. The van der Waals surface area contributed by atoms with Gasteiger partial charge in [-0.1, -0.05) is 12.1 Å². The van der Waals surface area contributed by atoms with Crippen LogP contribution in [-0.4, -0.2) is 22.9 Å². The summed E-state index contributed by atoms with van der Waals surface area (Å²) in [4.78, 5) is 0. The van der Waals surface area contributed by atoms with Gasteiger partial charge in [-0.25, -0.2) is 0 Å². The molecule has 1 aromatic carbocycles. The Morgan fingerprint density at radius 3 is 2.88 bits per heavy atom. The van der Waals surface area contributed by atoms with Crippen LogP contribution in [0.15, 0.2) is 30.5 Å². The molecule has 0 aliphatic heterocycles. The predicted molar refractivity (Wildman–Crippen MR) is 64.3 cm³/mol. The van der Waals surface area contributed by atoms with Crippen LogP contribution < -0.4 is 0 Å². The van der Waals surface area contributed by atoms with Gasteiger partial charge in [-0.05, 0) is 24.6 Å². The molecule has 0 saturated heterocycles. The Bertz CT molecular complexity index is 476. The van der Waals surface area contributed by atoms with Crippen LogP contribution >= 0.6 is 0 Å². The minimum absolute atomic E-state index is 0.0845. The molecule has 0 saturated carbocycles. The first-order valence-corrected chi connectivity index (χ1v) is 5.46. The highest BCUT2D eigenvalue weighted by Crippen LogP contribution is 2.20. The van der Waals surface area contributed by atoms with E-state index in [1.165, 1.54) is 0 Å². The van der Waals surface area contributed by atoms with Crippen molar-refractivity contribution in [1.29, 1.82) is 0 Å². The van der Waals surface area contributed by atoms with Gasteiger partial charge in [0.25, 0.3) is 0 Å². The van der Waals surface area contributed by atoms with E-state index >= 15 is 0 Å². The number of aliphatic hydroxyl groups excluding tert-OH is 1. The second kappa shape index (κ2) is 4.68. The van der Waals surface area contributed by atoms with E-state index in [1.807, 2.05) is 31.3 Å². The molecule has 0 aliphatic carbocycles. The Balaban J connectivity index is 2.41. The third-order valence-corrected chi connectivity index (χ3v) is 2.93. The highest BCUT2D eigenvalue weighted by molar-refractivity contribution is 5.83. The summed E-state index contributed by atoms with van der Waals surface area (Å²) in [6.45, 7) is 2.96. The standard InChI is InChI=1S/C13H17NO2/c1-10(16-2)8-14-7-6-12-11(9-15)4-3-5-13(12)14/h3-7,10,15H,8-9H2,1-2H3. The van der Waals surface area contributed by atoms with Crippen molar-refractivity contribution in [2.24, 2.45) is 0 Å². The summed E-state index contributed by atoms with van der Waals surface area (Å²) in [5, 5.41) is 10.4. The molecule has 86 valence electrons. The summed E-state index contributed by atoms with van der Waals surface area (Å²) < 4.78 is 7.41. The van der Waals surface area contributed by atoms with E-state index in [1.54, 1.807) is 7.11 Å². The van der Waals surface area contributed by atoms with Crippen LogP contribution in [0.4, 0.5) is 0 Å². The molecule has 0 radical (unpaired) electrons. The topological polar surface area (TPSA) is 34.4 Å². The summed E-state index contributed by atoms with van der Waals surface area (Å²) in [6.07, 6.45) is 2.23. The van der Waals surface area contributed by atoms with Crippen LogP contribution in [0.5, 0.6) is 0 Å². The van der Waals surface area contributed by atoms with Gasteiger partial charge in [-0.2, -0.15) is 0 Å². The first kappa shape index (κ1) is 11.2. The molecule has 0 spiro atoms. The van der Waals surface area contributed by atoms with Crippen molar-refractivity contribution in [1.82, 2.24) is 4.57 Å². The van der Waals surface area contributed by atoms with E-state index in [-0.39, 0.29) is 12.7 Å². The van der Waals surface area contributed by atoms with Crippen molar-refractivity contribution in [3.05, 3.63) is 36.0 Å². The van der Waals surface area contributed by atoms with Crippen molar-refractivity contribution in [3.8, 4) is 0 Å². The summed E-state index contributed by atoms with van der Waals surface area (Å²) >= 11 is 0. The van der Waals surface area contributed by atoms with Crippen molar-refractivity contribution in [3.63, 3.8) is 0 Å². The van der Waals surface area contributed by atoms with E-state index in [0.717, 1.165) is 23.0 Å². The molecule has 1 unspecified atom stereocenters. The first-order chi connectivity index (χ1) is 7.76. The molecule has 2 aromatic rings. The largest absolute Gasteiger partial charge is 0.392 e. The summed E-state index contributed by atoms with van der Waals surface area (Å²) in [5.41, 5.74) is 2.12. The molecule has 0 aliphatic rings. The molecule has 16 heavy (non-hydrogen) atoms. The summed E-state index contributed by atoms with van der Waals surface area (Å²) in [7, 11) is 1.72. The minimum Gasteiger partial charge on any atom is -0.392 e. The Morgan fingerprint density at radius 2 is 2.19 bits per heavy atom. The predicted octanol–water partition coefficient (Wildman–Crippen LogP) is 2.17. The molecular weight excluding hydrogens is 202 g/mol. The van der Waals surface area contributed by atoms with Gasteiger partial charge in [0.1, 0.15) is 0 Å². The fraction of sp³-hybridized carbons (Fsp3) is 0.385. The highest BCUT2D eigenvalue weighted by Gasteiger charge is 2.07. The number of hydrogen-bond donors (Lipinski definition) is 1. The van der Waals surface area contributed by atoms with Gasteiger partial charge >= 0.3 is 0 Å². The minimum atomic E-state index is 0.0845. The van der Waals surface area contributed by atoms with Crippen LogP contribution in [0.25, 0.3) is 10.9 Å². The Hall–Kier alpha value is -1.32. The number of hydrogen-bond acceptors (Lipinski definition) is 2. The van der Waals surface area contributed by atoms with Gasteiger partial charge in [0.15, 0.2) is 0 Å². The van der Waals surface area contributed by atoms with Gasteiger partial charge in [0, 0.05) is 30.8 Å². The molecule has 0 fully saturated rings. The molecule has 3 nitrogen and oxygen atoms in total.